The second kappa shape index (κ2) is 4.70. The normalized spacial score (nSPS) is 10.7. The van der Waals surface area contributed by atoms with Crippen molar-refractivity contribution in [3.63, 3.8) is 0 Å². The summed E-state index contributed by atoms with van der Waals surface area (Å²) >= 11 is 1.62. The lowest BCUT2D eigenvalue weighted by Gasteiger charge is -2.02. The van der Waals surface area contributed by atoms with E-state index in [1.807, 2.05) is 29.6 Å². The summed E-state index contributed by atoms with van der Waals surface area (Å²) in [5.41, 5.74) is 2.46. The molecule has 0 saturated carbocycles. The molecule has 0 bridgehead atoms. The molecule has 1 aromatic carbocycles. The Bertz CT molecular complexity index is 643. The highest BCUT2D eigenvalue weighted by Crippen LogP contribution is 2.19. The van der Waals surface area contributed by atoms with Crippen LogP contribution in [0.25, 0.3) is 10.7 Å². The average Bonchev–Trinajstić information content (AvgIpc) is 3.02. The second-order valence-electron chi connectivity index (χ2n) is 4.05. The maximum Gasteiger partial charge on any atom is 0.214 e. The summed E-state index contributed by atoms with van der Waals surface area (Å²) in [6, 6.07) is 12.2. The van der Waals surface area contributed by atoms with Crippen molar-refractivity contribution in [1.29, 1.82) is 0 Å². The second-order valence-corrected chi connectivity index (χ2v) is 4.99. The van der Waals surface area contributed by atoms with Gasteiger partial charge in [0.15, 0.2) is 0 Å². The van der Waals surface area contributed by atoms with Crippen LogP contribution in [0.5, 0.6) is 0 Å². The van der Waals surface area contributed by atoms with E-state index in [-0.39, 0.29) is 0 Å². The largest absolute Gasteiger partial charge is 0.214 e. The fourth-order valence-electron chi connectivity index (χ4n) is 1.75. The molecule has 0 aliphatic carbocycles. The van der Waals surface area contributed by atoms with Crippen molar-refractivity contribution in [2.75, 3.05) is 0 Å². The monoisotopic (exact) mass is 256 g/mol. The molecular weight excluding hydrogens is 244 g/mol. The molecule has 0 atom stereocenters. The Morgan fingerprint density at radius 3 is 2.83 bits per heavy atom. The van der Waals surface area contributed by atoms with Crippen molar-refractivity contribution < 1.29 is 0 Å². The quantitative estimate of drug-likeness (QED) is 0.723. The lowest BCUT2D eigenvalue weighted by atomic mass is 10.1. The Morgan fingerprint density at radius 1 is 1.17 bits per heavy atom. The van der Waals surface area contributed by atoms with Crippen LogP contribution in [0.1, 0.15) is 11.1 Å². The van der Waals surface area contributed by atoms with E-state index in [9.17, 15) is 0 Å². The number of benzene rings is 1. The van der Waals surface area contributed by atoms with Crippen molar-refractivity contribution in [2.45, 2.75) is 13.5 Å². The van der Waals surface area contributed by atoms with Crippen LogP contribution in [0.15, 0.2) is 41.8 Å². The van der Waals surface area contributed by atoms with E-state index < -0.39 is 0 Å². The number of hydrogen-bond donors (Lipinski definition) is 0. The fourth-order valence-corrected chi connectivity index (χ4v) is 2.40. The van der Waals surface area contributed by atoms with E-state index in [0.717, 1.165) is 4.88 Å². The van der Waals surface area contributed by atoms with Crippen LogP contribution in [0, 0.1) is 6.92 Å². The van der Waals surface area contributed by atoms with Crippen molar-refractivity contribution in [1.82, 2.24) is 20.2 Å². The Hall–Kier alpha value is -2.01. The maximum absolute atomic E-state index is 4.39. The molecule has 3 aromatic rings. The van der Waals surface area contributed by atoms with Gasteiger partial charge in [-0.25, -0.2) is 0 Å². The number of aromatic nitrogens is 4. The molecule has 0 saturated heterocycles. The lowest BCUT2D eigenvalue weighted by molar-refractivity contribution is 0.571. The summed E-state index contributed by atoms with van der Waals surface area (Å²) in [6.07, 6.45) is 0. The molecule has 5 heteroatoms. The standard InChI is InChI=1S/C13H12N4S/c1-10-5-2-3-6-11(10)9-17-15-13(14-16-17)12-7-4-8-18-12/h2-8H,9H2,1H3. The first-order valence-corrected chi connectivity index (χ1v) is 6.57. The molecule has 90 valence electrons. The van der Waals surface area contributed by atoms with Gasteiger partial charge < -0.3 is 0 Å². The van der Waals surface area contributed by atoms with Gasteiger partial charge in [-0.1, -0.05) is 30.3 Å². The SMILES string of the molecule is Cc1ccccc1Cn1nnc(-c2cccs2)n1. The molecule has 0 N–H and O–H groups in total. The van der Waals surface area contributed by atoms with E-state index in [2.05, 4.69) is 34.5 Å². The minimum Gasteiger partial charge on any atom is -0.159 e. The summed E-state index contributed by atoms with van der Waals surface area (Å²) in [6.45, 7) is 2.75. The molecular formula is C13H12N4S. The van der Waals surface area contributed by atoms with Crippen LogP contribution in [-0.2, 0) is 6.54 Å². The molecule has 2 heterocycles. The molecule has 0 unspecified atom stereocenters. The summed E-state index contributed by atoms with van der Waals surface area (Å²) in [7, 11) is 0. The van der Waals surface area contributed by atoms with Crippen LogP contribution in [0.3, 0.4) is 0 Å². The number of aryl methyl sites for hydroxylation is 1. The van der Waals surface area contributed by atoms with Gasteiger partial charge in [-0.3, -0.25) is 0 Å². The van der Waals surface area contributed by atoms with Gasteiger partial charge in [-0.2, -0.15) is 4.80 Å². The Labute approximate surface area is 109 Å². The first-order valence-electron chi connectivity index (χ1n) is 5.69. The lowest BCUT2D eigenvalue weighted by Crippen LogP contribution is -2.05. The smallest absolute Gasteiger partial charge is 0.159 e. The molecule has 0 spiro atoms. The highest BCUT2D eigenvalue weighted by molar-refractivity contribution is 7.13. The number of thiophene rings is 1. The van der Waals surface area contributed by atoms with Gasteiger partial charge in [0.1, 0.15) is 0 Å². The van der Waals surface area contributed by atoms with E-state index in [1.54, 1.807) is 16.1 Å². The maximum atomic E-state index is 4.39. The molecule has 0 amide bonds. The molecule has 0 aliphatic heterocycles. The zero-order chi connectivity index (χ0) is 12.4. The van der Waals surface area contributed by atoms with Gasteiger partial charge in [0.05, 0.1) is 11.4 Å². The summed E-state index contributed by atoms with van der Waals surface area (Å²) < 4.78 is 0. The number of rotatable bonds is 3. The number of nitrogens with zero attached hydrogens (tertiary/aromatic N) is 4. The highest BCUT2D eigenvalue weighted by Gasteiger charge is 2.07. The van der Waals surface area contributed by atoms with Crippen LogP contribution >= 0.6 is 11.3 Å². The minimum absolute atomic E-state index is 0.658. The molecule has 18 heavy (non-hydrogen) atoms. The fraction of sp³-hybridized carbons (Fsp3) is 0.154. The van der Waals surface area contributed by atoms with Gasteiger partial charge in [-0.05, 0) is 34.7 Å². The highest BCUT2D eigenvalue weighted by atomic mass is 32.1. The van der Waals surface area contributed by atoms with Crippen LogP contribution in [0.2, 0.25) is 0 Å². The summed E-state index contributed by atoms with van der Waals surface area (Å²) in [5, 5.41) is 14.6. The van der Waals surface area contributed by atoms with Crippen LogP contribution in [0.4, 0.5) is 0 Å². The van der Waals surface area contributed by atoms with Crippen molar-refractivity contribution >= 4 is 11.3 Å². The Balaban J connectivity index is 1.85. The van der Waals surface area contributed by atoms with Crippen molar-refractivity contribution in [3.8, 4) is 10.7 Å². The zero-order valence-electron chi connectivity index (χ0n) is 9.95. The number of hydrogen-bond acceptors (Lipinski definition) is 4. The first-order chi connectivity index (χ1) is 8.83. The van der Waals surface area contributed by atoms with Gasteiger partial charge in [0.2, 0.25) is 5.82 Å². The molecule has 4 nitrogen and oxygen atoms in total. The summed E-state index contributed by atoms with van der Waals surface area (Å²) in [4.78, 5) is 2.68. The van der Waals surface area contributed by atoms with Gasteiger partial charge >= 0.3 is 0 Å². The number of tetrazole rings is 1. The third kappa shape index (κ3) is 2.17. The van der Waals surface area contributed by atoms with Crippen molar-refractivity contribution in [3.05, 3.63) is 52.9 Å². The van der Waals surface area contributed by atoms with Crippen LogP contribution < -0.4 is 0 Å². The van der Waals surface area contributed by atoms with E-state index >= 15 is 0 Å². The van der Waals surface area contributed by atoms with Gasteiger partial charge in [0.25, 0.3) is 0 Å². The predicted molar refractivity (Wildman–Crippen MR) is 71.4 cm³/mol. The van der Waals surface area contributed by atoms with Gasteiger partial charge in [-0.15, -0.1) is 21.5 Å². The third-order valence-corrected chi connectivity index (χ3v) is 3.63. The summed E-state index contributed by atoms with van der Waals surface area (Å²) in [5.74, 6) is 0.693. The van der Waals surface area contributed by atoms with Crippen molar-refractivity contribution in [2.24, 2.45) is 0 Å². The Morgan fingerprint density at radius 2 is 2.06 bits per heavy atom. The van der Waals surface area contributed by atoms with E-state index in [1.165, 1.54) is 11.1 Å². The zero-order valence-corrected chi connectivity index (χ0v) is 10.8. The third-order valence-electron chi connectivity index (χ3n) is 2.77. The topological polar surface area (TPSA) is 43.6 Å². The Kier molecular flexibility index (Phi) is 2.90. The first kappa shape index (κ1) is 11.1. The minimum atomic E-state index is 0.658. The van der Waals surface area contributed by atoms with Gasteiger partial charge in [0, 0.05) is 0 Å². The molecule has 0 fully saturated rings. The molecule has 2 aromatic heterocycles. The van der Waals surface area contributed by atoms with Crippen LogP contribution in [-0.4, -0.2) is 20.2 Å². The van der Waals surface area contributed by atoms with E-state index in [4.69, 9.17) is 0 Å². The predicted octanol–water partition coefficient (Wildman–Crippen LogP) is 2.76. The molecule has 0 aliphatic rings. The van der Waals surface area contributed by atoms with E-state index in [0.29, 0.717) is 12.4 Å². The molecule has 3 rings (SSSR count). The average molecular weight is 256 g/mol. The molecule has 0 radical (unpaired) electrons.